The average molecular weight is 771 g/mol. The Labute approximate surface area is 315 Å². The lowest BCUT2D eigenvalue weighted by molar-refractivity contribution is -0.137. The number of benzene rings is 2. The van der Waals surface area contributed by atoms with Gasteiger partial charge in [0, 0.05) is 24.0 Å². The molecule has 296 valence electrons. The summed E-state index contributed by atoms with van der Waals surface area (Å²) >= 11 is 0. The highest BCUT2D eigenvalue weighted by molar-refractivity contribution is 5.97. The number of aromatic amines is 1. The molecule has 4 aromatic rings. The van der Waals surface area contributed by atoms with Gasteiger partial charge in [0.15, 0.2) is 0 Å². The molecule has 0 spiro atoms. The Morgan fingerprint density at radius 2 is 1.69 bits per heavy atom. The molecule has 5 atom stereocenters. The Kier molecular flexibility index (Phi) is 12.5. The minimum atomic E-state index is -4.65. The minimum Gasteiger partial charge on any atom is -0.405 e. The van der Waals surface area contributed by atoms with Crippen molar-refractivity contribution in [2.75, 3.05) is 11.9 Å². The first-order chi connectivity index (χ1) is 26.1. The van der Waals surface area contributed by atoms with E-state index < -0.39 is 64.9 Å². The van der Waals surface area contributed by atoms with Gasteiger partial charge in [-0.1, -0.05) is 76.0 Å². The lowest BCUT2D eigenvalue weighted by Gasteiger charge is -2.39. The molecule has 0 saturated carbocycles. The van der Waals surface area contributed by atoms with Gasteiger partial charge in [-0.05, 0) is 54.9 Å². The second-order valence-electron chi connectivity index (χ2n) is 14.0. The van der Waals surface area contributed by atoms with E-state index in [0.717, 1.165) is 6.07 Å². The lowest BCUT2D eigenvalue weighted by atomic mass is 9.78. The topological polar surface area (TPSA) is 183 Å². The zero-order chi connectivity index (χ0) is 40.1. The second-order valence-corrected chi connectivity index (χ2v) is 14.0. The highest BCUT2D eigenvalue weighted by atomic mass is 19.4. The predicted octanol–water partition coefficient (Wildman–Crippen LogP) is 5.87. The summed E-state index contributed by atoms with van der Waals surface area (Å²) < 4.78 is 62.4. The number of hydrogen-bond donors (Lipinski definition) is 6. The molecule has 0 bridgehead atoms. The van der Waals surface area contributed by atoms with E-state index in [1.54, 1.807) is 19.9 Å². The summed E-state index contributed by atoms with van der Waals surface area (Å²) in [4.78, 5) is 57.4. The van der Waals surface area contributed by atoms with E-state index in [0.29, 0.717) is 30.6 Å². The largest absolute Gasteiger partial charge is 0.418 e. The fourth-order valence-electron chi connectivity index (χ4n) is 6.79. The summed E-state index contributed by atoms with van der Waals surface area (Å²) in [5, 5.41) is 21.8. The maximum Gasteiger partial charge on any atom is 0.418 e. The average Bonchev–Trinajstić information content (AvgIpc) is 3.76. The number of carbonyl (C=O) groups is 4. The number of nitrogens with zero attached hydrogens (tertiary/aromatic N) is 2. The number of alkyl halides is 3. The van der Waals surface area contributed by atoms with Crippen molar-refractivity contribution in [2.45, 2.75) is 96.9 Å². The Morgan fingerprint density at radius 1 is 0.964 bits per heavy atom. The number of carbonyl (C=O) groups excluding carboxylic acids is 4. The molecule has 13 nitrogen and oxygen atoms in total. The third-order valence-corrected chi connectivity index (χ3v) is 10.3. The number of amides is 5. The van der Waals surface area contributed by atoms with Crippen molar-refractivity contribution in [3.8, 4) is 0 Å². The van der Waals surface area contributed by atoms with Crippen LogP contribution in [0, 0.1) is 17.7 Å². The van der Waals surface area contributed by atoms with E-state index in [1.807, 2.05) is 20.8 Å². The molecule has 2 aromatic carbocycles. The lowest BCUT2D eigenvalue weighted by Crippen LogP contribution is -2.65. The molecule has 2 unspecified atom stereocenters. The summed E-state index contributed by atoms with van der Waals surface area (Å²) in [6.07, 6.45) is -4.14. The molecule has 0 saturated heterocycles. The summed E-state index contributed by atoms with van der Waals surface area (Å²) in [5.41, 5.74) is -1.66. The Hall–Kier alpha value is -5.48. The number of halogens is 4. The summed E-state index contributed by atoms with van der Waals surface area (Å²) in [6.45, 7) is 9.35. The molecule has 55 heavy (non-hydrogen) atoms. The zero-order valence-electron chi connectivity index (χ0n) is 31.2. The first-order valence-electron chi connectivity index (χ1n) is 18.3. The monoisotopic (exact) mass is 770 g/mol. The molecule has 0 aliphatic heterocycles. The highest BCUT2D eigenvalue weighted by Gasteiger charge is 2.47. The van der Waals surface area contributed by atoms with Crippen LogP contribution < -0.4 is 26.6 Å². The van der Waals surface area contributed by atoms with Crippen molar-refractivity contribution in [2.24, 2.45) is 11.8 Å². The molecule has 1 aliphatic rings. The van der Waals surface area contributed by atoms with Crippen molar-refractivity contribution in [1.82, 2.24) is 36.4 Å². The van der Waals surface area contributed by atoms with Crippen molar-refractivity contribution in [3.63, 3.8) is 0 Å². The molecule has 2 aromatic heterocycles. The Balaban J connectivity index is 1.52. The number of aryl methyl sites for hydroxylation is 1. The van der Waals surface area contributed by atoms with Crippen LogP contribution in [0.4, 0.5) is 28.4 Å². The van der Waals surface area contributed by atoms with E-state index >= 15 is 0 Å². The van der Waals surface area contributed by atoms with Crippen LogP contribution in [-0.2, 0) is 39.8 Å². The van der Waals surface area contributed by atoms with Crippen LogP contribution in [0.3, 0.4) is 0 Å². The number of hydrogen-bond acceptors (Lipinski definition) is 7. The second kappa shape index (κ2) is 16.9. The SMILES string of the molecule is CCNC(=O)Nc1nnc([C@@H](NC(=O)[C@@]2(NC(=O)[C@H](NC(=O)Cc3ccccc3F)C(C)CC)CCc3[nH]c4c(C(F)(F)F)cccc4c3C2)C(C)CC)o1. The fourth-order valence-corrected chi connectivity index (χ4v) is 6.79. The number of aromatic nitrogens is 3. The van der Waals surface area contributed by atoms with Crippen LogP contribution >= 0.6 is 0 Å². The van der Waals surface area contributed by atoms with Gasteiger partial charge >= 0.3 is 18.2 Å². The molecule has 1 aliphatic carbocycles. The first kappa shape index (κ1) is 40.7. The fraction of sp³-hybridized carbons (Fsp3) is 0.474. The van der Waals surface area contributed by atoms with Crippen LogP contribution in [0.25, 0.3) is 10.9 Å². The molecule has 0 fully saturated rings. The number of nitrogens with one attached hydrogen (secondary N) is 6. The summed E-state index contributed by atoms with van der Waals surface area (Å²) in [7, 11) is 0. The van der Waals surface area contributed by atoms with Gasteiger partial charge in [-0.3, -0.25) is 19.7 Å². The number of para-hydroxylation sites is 1. The van der Waals surface area contributed by atoms with Crippen molar-refractivity contribution < 1.29 is 41.2 Å². The van der Waals surface area contributed by atoms with Crippen LogP contribution in [0.5, 0.6) is 0 Å². The van der Waals surface area contributed by atoms with Crippen LogP contribution in [0.2, 0.25) is 0 Å². The summed E-state index contributed by atoms with van der Waals surface area (Å²) in [6, 6.07) is 6.73. The molecular weight excluding hydrogens is 724 g/mol. The van der Waals surface area contributed by atoms with E-state index in [4.69, 9.17) is 4.42 Å². The third-order valence-electron chi connectivity index (χ3n) is 10.3. The molecule has 5 amide bonds. The van der Waals surface area contributed by atoms with Gasteiger partial charge < -0.3 is 30.7 Å². The number of urea groups is 1. The molecule has 5 rings (SSSR count). The number of fused-ring (bicyclic) bond motifs is 3. The normalized spacial score (nSPS) is 17.7. The molecule has 6 N–H and O–H groups in total. The van der Waals surface area contributed by atoms with Gasteiger partial charge in [0.05, 0.1) is 17.5 Å². The molecule has 2 heterocycles. The van der Waals surface area contributed by atoms with Gasteiger partial charge in [0.25, 0.3) is 0 Å². The Morgan fingerprint density at radius 3 is 2.36 bits per heavy atom. The van der Waals surface area contributed by atoms with Crippen LogP contribution in [-0.4, -0.2) is 57.1 Å². The van der Waals surface area contributed by atoms with Crippen LogP contribution in [0.1, 0.15) is 88.2 Å². The van der Waals surface area contributed by atoms with Crippen LogP contribution in [0.15, 0.2) is 46.9 Å². The predicted molar refractivity (Wildman–Crippen MR) is 195 cm³/mol. The number of anilines is 1. The molecule has 17 heteroatoms. The Bertz CT molecular complexity index is 2030. The van der Waals surface area contributed by atoms with Gasteiger partial charge in [-0.2, -0.15) is 13.2 Å². The van der Waals surface area contributed by atoms with Crippen molar-refractivity contribution in [3.05, 3.63) is 76.6 Å². The van der Waals surface area contributed by atoms with E-state index in [9.17, 15) is 36.7 Å². The zero-order valence-corrected chi connectivity index (χ0v) is 31.2. The molecule has 0 radical (unpaired) electrons. The number of H-pyrrole nitrogens is 1. The summed E-state index contributed by atoms with van der Waals surface area (Å²) in [5.74, 6) is -3.32. The van der Waals surface area contributed by atoms with Gasteiger partial charge in [-0.25, -0.2) is 9.18 Å². The van der Waals surface area contributed by atoms with E-state index in [2.05, 4.69) is 41.8 Å². The van der Waals surface area contributed by atoms with Crippen molar-refractivity contribution >= 4 is 40.7 Å². The first-order valence-corrected chi connectivity index (χ1v) is 18.3. The smallest absolute Gasteiger partial charge is 0.405 e. The standard InChI is InChI=1S/C38H46F4N8O5/c1-6-20(4)29(45-28(51)18-22-12-9-10-15-26(22)39)32(52)48-37(17-16-27-24(19-37)23-13-11-14-25(31(23)44-27)38(40,41)42)34(53)46-30(21(5)7-2)33-49-50-36(55-33)47-35(54)43-8-3/h9-15,20-21,29-30,44H,6-8,16-19H2,1-5H3,(H,45,51)(H,46,53)(H,48,52)(H2,43,47,50,54)/t20?,21?,29-,30+,37-/m1/s1. The maximum absolute atomic E-state index is 14.8. The van der Waals surface area contributed by atoms with Crippen molar-refractivity contribution in [1.29, 1.82) is 0 Å². The third kappa shape index (κ3) is 9.08. The van der Waals surface area contributed by atoms with Gasteiger partial charge in [0.1, 0.15) is 23.4 Å². The van der Waals surface area contributed by atoms with E-state index in [-0.39, 0.29) is 60.0 Å². The highest BCUT2D eigenvalue weighted by Crippen LogP contribution is 2.40. The quantitative estimate of drug-likeness (QED) is 0.0867. The van der Waals surface area contributed by atoms with Gasteiger partial charge in [-0.15, -0.1) is 5.10 Å². The number of rotatable bonds is 14. The van der Waals surface area contributed by atoms with Gasteiger partial charge in [0.2, 0.25) is 23.6 Å². The van der Waals surface area contributed by atoms with E-state index in [1.165, 1.54) is 30.3 Å². The molecular formula is C38H46F4N8O5. The maximum atomic E-state index is 14.8. The minimum absolute atomic E-state index is 0.0210.